The zero-order valence-electron chi connectivity index (χ0n) is 9.56. The zero-order chi connectivity index (χ0) is 12.7. The molecule has 96 valence electrons. The van der Waals surface area contributed by atoms with Gasteiger partial charge in [-0.05, 0) is 19.3 Å². The molecule has 18 heavy (non-hydrogen) atoms. The van der Waals surface area contributed by atoms with Gasteiger partial charge in [0.2, 0.25) is 5.82 Å². The van der Waals surface area contributed by atoms with E-state index in [0.29, 0.717) is 12.1 Å². The molecule has 3 N–H and O–H groups in total. The third-order valence-electron chi connectivity index (χ3n) is 3.54. The molecule has 0 radical (unpaired) electrons. The summed E-state index contributed by atoms with van der Waals surface area (Å²) < 4.78 is 0. The van der Waals surface area contributed by atoms with Crippen molar-refractivity contribution in [3.8, 4) is 5.75 Å². The summed E-state index contributed by atoms with van der Waals surface area (Å²) in [5.41, 5.74) is 0. The van der Waals surface area contributed by atoms with Crippen molar-refractivity contribution in [2.45, 2.75) is 37.4 Å². The van der Waals surface area contributed by atoms with E-state index in [1.165, 1.54) is 6.42 Å². The minimum absolute atomic E-state index is 0.0134. The van der Waals surface area contributed by atoms with E-state index in [4.69, 9.17) is 11.6 Å². The van der Waals surface area contributed by atoms with Gasteiger partial charge in [-0.2, -0.15) is 0 Å². The van der Waals surface area contributed by atoms with Crippen molar-refractivity contribution in [3.05, 3.63) is 17.2 Å². The second-order valence-corrected chi connectivity index (χ2v) is 5.09. The minimum Gasteiger partial charge on any atom is -0.504 e. The predicted octanol–water partition coefficient (Wildman–Crippen LogP) is 0.458. The minimum atomic E-state index is -0.351. The maximum absolute atomic E-state index is 11.9. The van der Waals surface area contributed by atoms with Crippen molar-refractivity contribution >= 4 is 17.5 Å². The number of hydrogen-bond acceptors (Lipinski definition) is 5. The molecule has 3 heterocycles. The van der Waals surface area contributed by atoms with Crippen LogP contribution in [0.1, 0.15) is 29.9 Å². The van der Waals surface area contributed by atoms with Crippen molar-refractivity contribution in [3.63, 3.8) is 0 Å². The predicted molar refractivity (Wildman–Crippen MR) is 64.5 cm³/mol. The highest BCUT2D eigenvalue weighted by Gasteiger charge is 2.39. The van der Waals surface area contributed by atoms with Crippen LogP contribution in [0.5, 0.6) is 5.75 Å². The molecule has 1 aromatic rings. The third-order valence-corrected chi connectivity index (χ3v) is 3.82. The first-order valence-corrected chi connectivity index (χ1v) is 6.29. The Kier molecular flexibility index (Phi) is 2.83. The van der Waals surface area contributed by atoms with E-state index in [1.54, 1.807) is 0 Å². The fraction of sp³-hybridized carbons (Fsp3) is 0.545. The summed E-state index contributed by atoms with van der Waals surface area (Å²) >= 11 is 5.64. The van der Waals surface area contributed by atoms with Crippen LogP contribution in [0.25, 0.3) is 0 Å². The molecular weight excluding hydrogens is 256 g/mol. The number of amides is 1. The number of rotatable bonds is 2. The van der Waals surface area contributed by atoms with E-state index in [0.717, 1.165) is 19.0 Å². The second kappa shape index (κ2) is 4.37. The summed E-state index contributed by atoms with van der Waals surface area (Å²) in [6.45, 7) is 0. The van der Waals surface area contributed by atoms with Gasteiger partial charge in [0, 0.05) is 18.1 Å². The molecule has 0 aliphatic carbocycles. The summed E-state index contributed by atoms with van der Waals surface area (Å²) in [6.07, 6.45) is 4.34. The monoisotopic (exact) mass is 268 g/mol. The van der Waals surface area contributed by atoms with Crippen LogP contribution in [0.3, 0.4) is 0 Å². The highest BCUT2D eigenvalue weighted by atomic mass is 35.5. The van der Waals surface area contributed by atoms with E-state index >= 15 is 0 Å². The van der Waals surface area contributed by atoms with Gasteiger partial charge >= 0.3 is 0 Å². The normalized spacial score (nSPS) is 29.5. The number of nitrogens with zero attached hydrogens (tertiary/aromatic N) is 2. The number of nitrogens with one attached hydrogen (secondary N) is 2. The Morgan fingerprint density at radius 3 is 3.00 bits per heavy atom. The Labute approximate surface area is 109 Å². The largest absolute Gasteiger partial charge is 0.504 e. The molecule has 0 unspecified atom stereocenters. The number of halogens is 1. The third kappa shape index (κ3) is 2.02. The molecule has 7 heteroatoms. The Morgan fingerprint density at radius 2 is 2.39 bits per heavy atom. The molecule has 6 nitrogen and oxygen atoms in total. The van der Waals surface area contributed by atoms with Gasteiger partial charge < -0.3 is 15.7 Å². The zero-order valence-corrected chi connectivity index (χ0v) is 10.3. The van der Waals surface area contributed by atoms with E-state index in [2.05, 4.69) is 20.6 Å². The molecule has 2 fully saturated rings. The molecule has 0 saturated carbocycles. The Bertz CT molecular complexity index is 496. The average Bonchev–Trinajstić information content (AvgIpc) is 2.94. The molecule has 3 rings (SSSR count). The number of fused-ring (bicyclic) bond motifs is 2. The van der Waals surface area contributed by atoms with Gasteiger partial charge in [-0.15, -0.1) is 0 Å². The van der Waals surface area contributed by atoms with E-state index < -0.39 is 0 Å². The van der Waals surface area contributed by atoms with Gasteiger partial charge in [-0.3, -0.25) is 4.79 Å². The summed E-state index contributed by atoms with van der Waals surface area (Å²) in [5, 5.41) is 15.4. The van der Waals surface area contributed by atoms with Crippen molar-refractivity contribution in [2.75, 3.05) is 0 Å². The lowest BCUT2D eigenvalue weighted by Crippen LogP contribution is -2.43. The van der Waals surface area contributed by atoms with Crippen molar-refractivity contribution in [1.82, 2.24) is 20.6 Å². The van der Waals surface area contributed by atoms with Gasteiger partial charge in [0.15, 0.2) is 10.9 Å². The van der Waals surface area contributed by atoms with Crippen LogP contribution in [0.4, 0.5) is 0 Å². The molecular formula is C11H13ClN4O2. The molecule has 1 amide bonds. The Morgan fingerprint density at radius 1 is 1.56 bits per heavy atom. The Balaban J connectivity index is 1.69. The molecule has 0 aromatic carbocycles. The lowest BCUT2D eigenvalue weighted by molar-refractivity contribution is 0.0920. The molecule has 3 atom stereocenters. The van der Waals surface area contributed by atoms with Crippen LogP contribution in [0.2, 0.25) is 5.15 Å². The lowest BCUT2D eigenvalue weighted by atomic mass is 9.95. The fourth-order valence-electron chi connectivity index (χ4n) is 2.68. The summed E-state index contributed by atoms with van der Waals surface area (Å²) in [5.74, 6) is -0.591. The smallest absolute Gasteiger partial charge is 0.289 e. The van der Waals surface area contributed by atoms with E-state index in [1.807, 2.05) is 0 Å². The van der Waals surface area contributed by atoms with Crippen LogP contribution >= 0.6 is 11.6 Å². The van der Waals surface area contributed by atoms with Crippen molar-refractivity contribution in [2.24, 2.45) is 0 Å². The number of aromatic hydroxyl groups is 1. The van der Waals surface area contributed by atoms with E-state index in [-0.39, 0.29) is 28.7 Å². The molecule has 0 spiro atoms. The molecule has 2 saturated heterocycles. The van der Waals surface area contributed by atoms with Gasteiger partial charge in [-0.25, -0.2) is 9.97 Å². The average molecular weight is 269 g/mol. The standard InChI is InChI=1S/C11H13ClN4O2/c12-9-8(17)4-13-10(16-9)11(18)15-7-3-5-1-2-6(7)14-5/h4-7,14,17H,1-3H2,(H,15,18)/t5-,6+,7-/m1/s1. The van der Waals surface area contributed by atoms with Gasteiger partial charge in [0.25, 0.3) is 5.91 Å². The second-order valence-electron chi connectivity index (χ2n) is 4.73. The summed E-state index contributed by atoms with van der Waals surface area (Å²) in [4.78, 5) is 19.5. The first-order chi connectivity index (χ1) is 8.63. The van der Waals surface area contributed by atoms with Crippen molar-refractivity contribution < 1.29 is 9.90 Å². The van der Waals surface area contributed by atoms with Gasteiger partial charge in [0.1, 0.15) is 0 Å². The number of aromatic nitrogens is 2. The first-order valence-electron chi connectivity index (χ1n) is 5.92. The topological polar surface area (TPSA) is 87.1 Å². The number of hydrogen-bond donors (Lipinski definition) is 3. The summed E-state index contributed by atoms with van der Waals surface area (Å²) in [7, 11) is 0. The lowest BCUT2D eigenvalue weighted by Gasteiger charge is -2.20. The highest BCUT2D eigenvalue weighted by Crippen LogP contribution is 2.28. The van der Waals surface area contributed by atoms with Crippen LogP contribution in [-0.2, 0) is 0 Å². The number of carbonyl (C=O) groups excluding carboxylic acids is 1. The maximum Gasteiger partial charge on any atom is 0.289 e. The SMILES string of the molecule is O=C(N[C@@H]1C[C@H]2CC[C@@H]1N2)c1ncc(O)c(Cl)n1. The van der Waals surface area contributed by atoms with Gasteiger partial charge in [0.05, 0.1) is 6.20 Å². The summed E-state index contributed by atoms with van der Waals surface area (Å²) in [6, 6.07) is 1.00. The van der Waals surface area contributed by atoms with Crippen LogP contribution in [0.15, 0.2) is 6.20 Å². The Hall–Kier alpha value is -1.40. The molecule has 2 aliphatic rings. The fourth-order valence-corrected chi connectivity index (χ4v) is 2.81. The quantitative estimate of drug-likeness (QED) is 0.678. The maximum atomic E-state index is 11.9. The first kappa shape index (κ1) is 11.7. The van der Waals surface area contributed by atoms with Crippen molar-refractivity contribution in [1.29, 1.82) is 0 Å². The molecule has 1 aromatic heterocycles. The molecule has 2 bridgehead atoms. The molecule has 2 aliphatic heterocycles. The van der Waals surface area contributed by atoms with Crippen LogP contribution in [-0.4, -0.2) is 39.1 Å². The van der Waals surface area contributed by atoms with Crippen LogP contribution < -0.4 is 10.6 Å². The highest BCUT2D eigenvalue weighted by molar-refractivity contribution is 6.30. The number of carbonyl (C=O) groups is 1. The van der Waals surface area contributed by atoms with Crippen LogP contribution in [0, 0.1) is 0 Å². The van der Waals surface area contributed by atoms with Gasteiger partial charge in [-0.1, -0.05) is 11.6 Å². The van der Waals surface area contributed by atoms with E-state index in [9.17, 15) is 9.90 Å².